The lowest BCUT2D eigenvalue weighted by Crippen LogP contribution is -2.05. The molecule has 0 saturated carbocycles. The number of nitrogens with two attached hydrogens (primary N) is 1. The van der Waals surface area contributed by atoms with Crippen LogP contribution in [0.25, 0.3) is 5.69 Å². The Labute approximate surface area is 109 Å². The van der Waals surface area contributed by atoms with E-state index in [2.05, 4.69) is 15.0 Å². The summed E-state index contributed by atoms with van der Waals surface area (Å²) in [4.78, 5) is 0. The van der Waals surface area contributed by atoms with E-state index in [0.29, 0.717) is 11.5 Å². The summed E-state index contributed by atoms with van der Waals surface area (Å²) in [5.74, 6) is 0.485. The van der Waals surface area contributed by atoms with Crippen LogP contribution < -0.4 is 10.5 Å². The van der Waals surface area contributed by atoms with Crippen molar-refractivity contribution in [2.45, 2.75) is 26.4 Å². The first kappa shape index (κ1) is 13.3. The summed E-state index contributed by atoms with van der Waals surface area (Å²) in [5.41, 5.74) is 7.26. The smallest absolute Gasteiger partial charge is 0.387 e. The number of rotatable bonds is 5. The third-order valence-electron chi connectivity index (χ3n) is 2.59. The number of hydrogen-bond donors (Lipinski definition) is 1. The third-order valence-corrected chi connectivity index (χ3v) is 2.59. The van der Waals surface area contributed by atoms with Gasteiger partial charge in [0.15, 0.2) is 5.82 Å². The van der Waals surface area contributed by atoms with Crippen molar-refractivity contribution in [3.05, 3.63) is 30.0 Å². The average molecular weight is 268 g/mol. The molecule has 0 aliphatic rings. The quantitative estimate of drug-likeness (QED) is 0.904. The van der Waals surface area contributed by atoms with Crippen molar-refractivity contribution < 1.29 is 13.5 Å². The summed E-state index contributed by atoms with van der Waals surface area (Å²) in [6.07, 6.45) is 1.65. The van der Waals surface area contributed by atoms with Crippen LogP contribution in [-0.2, 0) is 6.42 Å². The summed E-state index contributed by atoms with van der Waals surface area (Å²) in [5, 5.41) is 7.77. The molecule has 0 aliphatic carbocycles. The van der Waals surface area contributed by atoms with Gasteiger partial charge in [-0.25, -0.2) is 4.68 Å². The molecular weight excluding hydrogens is 254 g/mol. The van der Waals surface area contributed by atoms with Gasteiger partial charge in [-0.2, -0.15) is 8.78 Å². The lowest BCUT2D eigenvalue weighted by Gasteiger charge is -2.08. The van der Waals surface area contributed by atoms with Crippen LogP contribution in [0, 0.1) is 0 Å². The Bertz CT molecular complexity index is 539. The Morgan fingerprint density at radius 3 is 2.58 bits per heavy atom. The highest BCUT2D eigenvalue weighted by Crippen LogP contribution is 2.20. The fourth-order valence-corrected chi connectivity index (χ4v) is 1.76. The number of halogens is 2. The number of anilines is 1. The maximum absolute atomic E-state index is 12.0. The minimum atomic E-state index is -2.83. The molecule has 0 fully saturated rings. The highest BCUT2D eigenvalue weighted by Gasteiger charge is 2.11. The van der Waals surface area contributed by atoms with E-state index in [4.69, 9.17) is 5.73 Å². The number of alkyl halides is 2. The van der Waals surface area contributed by atoms with Crippen molar-refractivity contribution in [2.24, 2.45) is 0 Å². The van der Waals surface area contributed by atoms with Gasteiger partial charge in [0.2, 0.25) is 0 Å². The number of nitrogens with zero attached hydrogens (tertiary/aromatic N) is 3. The van der Waals surface area contributed by atoms with Crippen molar-refractivity contribution >= 4 is 5.82 Å². The van der Waals surface area contributed by atoms with Gasteiger partial charge in [0.1, 0.15) is 5.75 Å². The van der Waals surface area contributed by atoms with E-state index < -0.39 is 6.61 Å². The van der Waals surface area contributed by atoms with Gasteiger partial charge in [-0.3, -0.25) is 0 Å². The molecule has 0 bridgehead atoms. The third kappa shape index (κ3) is 2.98. The molecule has 7 heteroatoms. The Balaban J connectivity index is 2.27. The Morgan fingerprint density at radius 2 is 2.00 bits per heavy atom. The van der Waals surface area contributed by atoms with Crippen molar-refractivity contribution in [2.75, 3.05) is 5.73 Å². The molecule has 0 unspecified atom stereocenters. The van der Waals surface area contributed by atoms with Gasteiger partial charge < -0.3 is 10.5 Å². The minimum absolute atomic E-state index is 0.101. The standard InChI is InChI=1S/C12H14F2N4O/c1-2-3-10-11(15)16-17-18(10)8-4-6-9(7-5-8)19-12(13)14/h4-7,12H,2-3,15H2,1H3. The number of hydrogen-bond acceptors (Lipinski definition) is 4. The van der Waals surface area contributed by atoms with E-state index in [0.717, 1.165) is 18.5 Å². The van der Waals surface area contributed by atoms with Crippen LogP contribution in [0.5, 0.6) is 5.75 Å². The van der Waals surface area contributed by atoms with Gasteiger partial charge in [0.05, 0.1) is 11.4 Å². The zero-order valence-corrected chi connectivity index (χ0v) is 10.4. The average Bonchev–Trinajstić information content (AvgIpc) is 2.72. The molecule has 2 rings (SSSR count). The first-order valence-corrected chi connectivity index (χ1v) is 5.87. The molecule has 2 N–H and O–H groups in total. The molecule has 1 aromatic carbocycles. The Morgan fingerprint density at radius 1 is 1.32 bits per heavy atom. The summed E-state index contributed by atoms with van der Waals surface area (Å²) in [6, 6.07) is 6.17. The van der Waals surface area contributed by atoms with Crippen LogP contribution >= 0.6 is 0 Å². The molecule has 0 amide bonds. The topological polar surface area (TPSA) is 66.0 Å². The van der Waals surface area contributed by atoms with Crippen molar-refractivity contribution in [3.8, 4) is 11.4 Å². The lowest BCUT2D eigenvalue weighted by atomic mass is 10.2. The zero-order chi connectivity index (χ0) is 13.8. The molecule has 0 saturated heterocycles. The van der Waals surface area contributed by atoms with Gasteiger partial charge in [-0.1, -0.05) is 18.6 Å². The predicted molar refractivity (Wildman–Crippen MR) is 66.4 cm³/mol. The zero-order valence-electron chi connectivity index (χ0n) is 10.4. The highest BCUT2D eigenvalue weighted by molar-refractivity contribution is 5.43. The molecule has 0 radical (unpaired) electrons. The summed E-state index contributed by atoms with van der Waals surface area (Å²) >= 11 is 0. The van der Waals surface area contributed by atoms with Crippen LogP contribution in [0.1, 0.15) is 19.0 Å². The van der Waals surface area contributed by atoms with Crippen LogP contribution in [0.2, 0.25) is 0 Å². The molecule has 102 valence electrons. The van der Waals surface area contributed by atoms with Crippen LogP contribution in [-0.4, -0.2) is 21.6 Å². The van der Waals surface area contributed by atoms with Gasteiger partial charge in [-0.05, 0) is 30.7 Å². The largest absolute Gasteiger partial charge is 0.435 e. The van der Waals surface area contributed by atoms with Crippen molar-refractivity contribution in [1.82, 2.24) is 15.0 Å². The van der Waals surface area contributed by atoms with E-state index in [1.807, 2.05) is 6.92 Å². The minimum Gasteiger partial charge on any atom is -0.435 e. The number of nitrogen functional groups attached to an aromatic ring is 1. The van der Waals surface area contributed by atoms with Crippen LogP contribution in [0.4, 0.5) is 14.6 Å². The Kier molecular flexibility index (Phi) is 3.94. The molecule has 5 nitrogen and oxygen atoms in total. The second-order valence-electron chi connectivity index (χ2n) is 3.96. The maximum atomic E-state index is 12.0. The van der Waals surface area contributed by atoms with Crippen molar-refractivity contribution in [3.63, 3.8) is 0 Å². The summed E-state index contributed by atoms with van der Waals surface area (Å²) < 4.78 is 30.0. The monoisotopic (exact) mass is 268 g/mol. The molecule has 0 aliphatic heterocycles. The van der Waals surface area contributed by atoms with Gasteiger partial charge in [0.25, 0.3) is 0 Å². The van der Waals surface area contributed by atoms with E-state index in [9.17, 15) is 8.78 Å². The second kappa shape index (κ2) is 5.64. The fourth-order valence-electron chi connectivity index (χ4n) is 1.76. The lowest BCUT2D eigenvalue weighted by molar-refractivity contribution is -0.0498. The Hall–Kier alpha value is -2.18. The SMILES string of the molecule is CCCc1c(N)nnn1-c1ccc(OC(F)F)cc1. The molecule has 0 spiro atoms. The maximum Gasteiger partial charge on any atom is 0.387 e. The van der Waals surface area contributed by atoms with Gasteiger partial charge in [-0.15, -0.1) is 5.10 Å². The fraction of sp³-hybridized carbons (Fsp3) is 0.333. The van der Waals surface area contributed by atoms with Gasteiger partial charge in [0, 0.05) is 0 Å². The summed E-state index contributed by atoms with van der Waals surface area (Å²) in [6.45, 7) is -0.806. The van der Waals surface area contributed by atoms with E-state index >= 15 is 0 Å². The van der Waals surface area contributed by atoms with Crippen molar-refractivity contribution in [1.29, 1.82) is 0 Å². The first-order chi connectivity index (χ1) is 9.11. The normalized spacial score (nSPS) is 10.9. The molecule has 0 atom stereocenters. The van der Waals surface area contributed by atoms with E-state index in [1.165, 1.54) is 12.1 Å². The molecule has 19 heavy (non-hydrogen) atoms. The number of aromatic nitrogens is 3. The van der Waals surface area contributed by atoms with E-state index in [-0.39, 0.29) is 5.75 Å². The number of ether oxygens (including phenoxy) is 1. The number of benzene rings is 1. The van der Waals surface area contributed by atoms with E-state index in [1.54, 1.807) is 16.8 Å². The van der Waals surface area contributed by atoms with Crippen LogP contribution in [0.3, 0.4) is 0 Å². The van der Waals surface area contributed by atoms with Gasteiger partial charge >= 0.3 is 6.61 Å². The first-order valence-electron chi connectivity index (χ1n) is 5.87. The van der Waals surface area contributed by atoms with Crippen LogP contribution in [0.15, 0.2) is 24.3 Å². The molecule has 1 aromatic heterocycles. The molecular formula is C12H14F2N4O. The summed E-state index contributed by atoms with van der Waals surface area (Å²) in [7, 11) is 0. The second-order valence-corrected chi connectivity index (χ2v) is 3.96. The highest BCUT2D eigenvalue weighted by atomic mass is 19.3. The molecule has 2 aromatic rings. The predicted octanol–water partition coefficient (Wildman–Crippen LogP) is 2.40. The molecule has 1 heterocycles.